The van der Waals surface area contributed by atoms with Gasteiger partial charge in [0, 0.05) is 16.7 Å². The predicted octanol–water partition coefficient (Wildman–Crippen LogP) is 7.28. The molecule has 1 aliphatic rings. The Kier molecular flexibility index (Phi) is 5.90. The van der Waals surface area contributed by atoms with Crippen LogP contribution in [0.1, 0.15) is 47.5 Å². The Morgan fingerprint density at radius 3 is 2.27 bits per heavy atom. The van der Waals surface area contributed by atoms with Crippen molar-refractivity contribution in [2.24, 2.45) is 0 Å². The standard InChI is InChI=1S/C29H25NO3/c31-29(32)24-16-9-10-20(19-24)18-23-15-7-8-17-25(23)28-30-26(21-11-3-1-4-12-21)27(33-28)22-13-5-2-6-14-22/h1-6,9-14,16,19H,7-8,15,17-18H2,(H,31,32). The molecule has 0 saturated carbocycles. The molecule has 0 bridgehead atoms. The lowest BCUT2D eigenvalue weighted by Gasteiger charge is -2.18. The maximum Gasteiger partial charge on any atom is 0.335 e. The van der Waals surface area contributed by atoms with Crippen molar-refractivity contribution in [3.63, 3.8) is 0 Å². The molecule has 0 atom stereocenters. The summed E-state index contributed by atoms with van der Waals surface area (Å²) in [6, 6.07) is 27.4. The van der Waals surface area contributed by atoms with Crippen molar-refractivity contribution in [1.82, 2.24) is 4.98 Å². The van der Waals surface area contributed by atoms with E-state index in [-0.39, 0.29) is 0 Å². The first-order valence-corrected chi connectivity index (χ1v) is 11.3. The van der Waals surface area contributed by atoms with Crippen molar-refractivity contribution in [3.05, 3.63) is 108 Å². The van der Waals surface area contributed by atoms with Crippen LogP contribution in [0.15, 0.2) is 94.9 Å². The van der Waals surface area contributed by atoms with Crippen LogP contribution in [0.5, 0.6) is 0 Å². The van der Waals surface area contributed by atoms with E-state index >= 15 is 0 Å². The number of aromatic carboxylic acids is 1. The number of hydrogen-bond acceptors (Lipinski definition) is 3. The van der Waals surface area contributed by atoms with Gasteiger partial charge in [-0.15, -0.1) is 0 Å². The van der Waals surface area contributed by atoms with Crippen LogP contribution in [0.4, 0.5) is 0 Å². The van der Waals surface area contributed by atoms with Gasteiger partial charge in [-0.2, -0.15) is 0 Å². The Morgan fingerprint density at radius 2 is 1.55 bits per heavy atom. The van der Waals surface area contributed by atoms with E-state index in [4.69, 9.17) is 9.40 Å². The van der Waals surface area contributed by atoms with Gasteiger partial charge < -0.3 is 9.52 Å². The van der Waals surface area contributed by atoms with Gasteiger partial charge in [-0.1, -0.05) is 78.4 Å². The topological polar surface area (TPSA) is 63.3 Å². The average molecular weight is 436 g/mol. The van der Waals surface area contributed by atoms with Gasteiger partial charge in [0.1, 0.15) is 5.69 Å². The molecule has 164 valence electrons. The van der Waals surface area contributed by atoms with E-state index < -0.39 is 5.97 Å². The molecule has 0 unspecified atom stereocenters. The molecule has 1 N–H and O–H groups in total. The van der Waals surface area contributed by atoms with Crippen LogP contribution in [0.25, 0.3) is 28.2 Å². The maximum atomic E-state index is 11.4. The fourth-order valence-electron chi connectivity index (χ4n) is 4.51. The van der Waals surface area contributed by atoms with Gasteiger partial charge in [0.05, 0.1) is 5.56 Å². The maximum absolute atomic E-state index is 11.4. The number of hydrogen-bond donors (Lipinski definition) is 1. The van der Waals surface area contributed by atoms with Crippen molar-refractivity contribution in [2.75, 3.05) is 0 Å². The highest BCUT2D eigenvalue weighted by molar-refractivity contribution is 5.87. The van der Waals surface area contributed by atoms with Crippen LogP contribution >= 0.6 is 0 Å². The van der Waals surface area contributed by atoms with Gasteiger partial charge >= 0.3 is 5.97 Å². The molecule has 3 aromatic carbocycles. The van der Waals surface area contributed by atoms with E-state index in [0.717, 1.165) is 59.4 Å². The number of allylic oxidation sites excluding steroid dienone is 2. The third-order valence-corrected chi connectivity index (χ3v) is 6.14. The molecule has 1 aliphatic carbocycles. The van der Waals surface area contributed by atoms with Gasteiger partial charge in [-0.3, -0.25) is 0 Å². The zero-order chi connectivity index (χ0) is 22.6. The molecular weight excluding hydrogens is 410 g/mol. The second-order valence-corrected chi connectivity index (χ2v) is 8.40. The third-order valence-electron chi connectivity index (χ3n) is 6.14. The van der Waals surface area contributed by atoms with Crippen LogP contribution in [0, 0.1) is 0 Å². The first-order valence-electron chi connectivity index (χ1n) is 11.3. The number of rotatable bonds is 6. The summed E-state index contributed by atoms with van der Waals surface area (Å²) in [6.07, 6.45) is 4.81. The molecule has 4 heteroatoms. The lowest BCUT2D eigenvalue weighted by molar-refractivity contribution is 0.0696. The minimum absolute atomic E-state index is 0.319. The molecule has 0 radical (unpaired) electrons. The number of nitrogens with zero attached hydrogens (tertiary/aromatic N) is 1. The summed E-state index contributed by atoms with van der Waals surface area (Å²) in [7, 11) is 0. The monoisotopic (exact) mass is 435 g/mol. The Hall–Kier alpha value is -3.92. The lowest BCUT2D eigenvalue weighted by atomic mass is 9.87. The minimum atomic E-state index is -0.901. The zero-order valence-electron chi connectivity index (χ0n) is 18.3. The van der Waals surface area contributed by atoms with E-state index in [9.17, 15) is 9.90 Å². The van der Waals surface area contributed by atoms with E-state index in [1.807, 2.05) is 60.7 Å². The van der Waals surface area contributed by atoms with Crippen molar-refractivity contribution in [1.29, 1.82) is 0 Å². The van der Waals surface area contributed by atoms with Gasteiger partial charge in [0.2, 0.25) is 5.89 Å². The van der Waals surface area contributed by atoms with E-state index in [1.54, 1.807) is 12.1 Å². The largest absolute Gasteiger partial charge is 0.478 e. The third kappa shape index (κ3) is 4.51. The van der Waals surface area contributed by atoms with Crippen molar-refractivity contribution in [3.8, 4) is 22.6 Å². The zero-order valence-corrected chi connectivity index (χ0v) is 18.3. The molecule has 5 rings (SSSR count). The molecule has 0 saturated heterocycles. The van der Waals surface area contributed by atoms with Crippen LogP contribution in [-0.2, 0) is 6.42 Å². The molecule has 0 aliphatic heterocycles. The highest BCUT2D eigenvalue weighted by Gasteiger charge is 2.23. The summed E-state index contributed by atoms with van der Waals surface area (Å²) in [6.45, 7) is 0. The molecule has 0 amide bonds. The van der Waals surface area contributed by atoms with Crippen molar-refractivity contribution < 1.29 is 14.3 Å². The second kappa shape index (κ2) is 9.29. The molecule has 0 spiro atoms. The summed E-state index contributed by atoms with van der Waals surface area (Å²) in [5, 5.41) is 9.36. The highest BCUT2D eigenvalue weighted by Crippen LogP contribution is 2.39. The van der Waals surface area contributed by atoms with E-state index in [1.165, 1.54) is 5.57 Å². The minimum Gasteiger partial charge on any atom is -0.478 e. The molecule has 4 aromatic rings. The predicted molar refractivity (Wildman–Crippen MR) is 130 cm³/mol. The quantitative estimate of drug-likeness (QED) is 0.346. The first kappa shape index (κ1) is 21.0. The summed E-state index contributed by atoms with van der Waals surface area (Å²) in [5.74, 6) is 0.557. The molecular formula is C29H25NO3. The lowest BCUT2D eigenvalue weighted by Crippen LogP contribution is -2.04. The van der Waals surface area contributed by atoms with Crippen LogP contribution in [0.2, 0.25) is 0 Å². The normalized spacial score (nSPS) is 13.8. The summed E-state index contributed by atoms with van der Waals surface area (Å²) >= 11 is 0. The summed E-state index contributed by atoms with van der Waals surface area (Å²) in [4.78, 5) is 16.4. The molecule has 1 heterocycles. The van der Waals surface area contributed by atoms with E-state index in [2.05, 4.69) is 12.1 Å². The Labute approximate surface area is 193 Å². The van der Waals surface area contributed by atoms with E-state index in [0.29, 0.717) is 17.9 Å². The van der Waals surface area contributed by atoms with Crippen molar-refractivity contribution >= 4 is 11.5 Å². The van der Waals surface area contributed by atoms with Crippen LogP contribution < -0.4 is 0 Å². The average Bonchev–Trinajstić information content (AvgIpc) is 3.31. The number of aromatic nitrogens is 1. The molecule has 33 heavy (non-hydrogen) atoms. The molecule has 0 fully saturated rings. The number of carbonyl (C=O) groups is 1. The number of carboxylic acid groups (broad SMARTS) is 1. The van der Waals surface area contributed by atoms with Crippen molar-refractivity contribution in [2.45, 2.75) is 32.1 Å². The number of carboxylic acids is 1. The first-order chi connectivity index (χ1) is 16.2. The van der Waals surface area contributed by atoms with Crippen LogP contribution in [0.3, 0.4) is 0 Å². The fourth-order valence-corrected chi connectivity index (χ4v) is 4.51. The van der Waals surface area contributed by atoms with Crippen LogP contribution in [-0.4, -0.2) is 16.1 Å². The summed E-state index contributed by atoms with van der Waals surface area (Å²) < 4.78 is 6.46. The number of benzene rings is 3. The smallest absolute Gasteiger partial charge is 0.335 e. The Bertz CT molecular complexity index is 1250. The van der Waals surface area contributed by atoms with Gasteiger partial charge in [0.25, 0.3) is 0 Å². The van der Waals surface area contributed by atoms with Gasteiger partial charge in [-0.25, -0.2) is 9.78 Å². The Morgan fingerprint density at radius 1 is 0.848 bits per heavy atom. The molecule has 4 nitrogen and oxygen atoms in total. The second-order valence-electron chi connectivity index (χ2n) is 8.40. The fraction of sp³-hybridized carbons (Fsp3) is 0.172. The summed E-state index contributed by atoms with van der Waals surface area (Å²) in [5.41, 5.74) is 6.63. The molecule has 1 aromatic heterocycles. The Balaban J connectivity index is 1.59. The van der Waals surface area contributed by atoms with Gasteiger partial charge in [0.15, 0.2) is 5.76 Å². The highest BCUT2D eigenvalue weighted by atomic mass is 16.4. The SMILES string of the molecule is O=C(O)c1cccc(CC2=C(c3nc(-c4ccccc4)c(-c4ccccc4)o3)CCCC2)c1. The number of oxazole rings is 1. The van der Waals surface area contributed by atoms with Gasteiger partial charge in [-0.05, 0) is 49.8 Å².